The Morgan fingerprint density at radius 2 is 0.544 bits per heavy atom. The van der Waals surface area contributed by atoms with E-state index in [2.05, 4.69) is 23.2 Å². The number of aromatic nitrogens is 1. The number of nitrogens with zero attached hydrogens (tertiary/aromatic N) is 1. The molecule has 0 atom stereocenters. The average molecular weight is 1980 g/mol. The molecule has 0 bridgehead atoms. The van der Waals surface area contributed by atoms with Gasteiger partial charge >= 0.3 is 154 Å². The SMILES string of the molecule is O=C(/C=C(\O)NCCNC(=O)C(F)(F)C(F)(F)C(F)(F)C(F)(F)C(F)(F)C(F)(F)C(F)(F)C(F)(F)C(F)(F)C(F)(F)C(F)(F)C(F)(F)C(F)(F)F)NCCNC(=O)C(F)(F)C(F)(F)C(F)(F)C(F)(F)C(F)(F)C(F)(F)C(F)(F)C(F)(F)C(F)(F)C(F)(F)C(F)(F)C(F)(F)C(F)(F)F.[Ir].[c-]1ccccc1-c1nccc2ccccc12. The Morgan fingerprint density at radius 1 is 0.307 bits per heavy atom. The van der Waals surface area contributed by atoms with Crippen LogP contribution in [0.2, 0.25) is 0 Å². The number of nitrogens with one attached hydrogen (secondary N) is 4. The molecule has 0 saturated heterocycles. The summed E-state index contributed by atoms with van der Waals surface area (Å²) in [6.07, 6.45) is -15.7. The van der Waals surface area contributed by atoms with Crippen molar-refractivity contribution in [2.75, 3.05) is 26.2 Å². The van der Waals surface area contributed by atoms with Crippen LogP contribution in [0.15, 0.2) is 72.8 Å². The number of fused-ring (bicyclic) bond motifs is 1. The molecule has 0 fully saturated rings. The molecule has 9 nitrogen and oxygen atoms in total. The second-order valence-corrected chi connectivity index (χ2v) is 21.7. The van der Waals surface area contributed by atoms with E-state index < -0.39 is 210 Å². The molecule has 1 radical (unpaired) electrons. The first kappa shape index (κ1) is 104. The Kier molecular flexibility index (Phi) is 28.2. The van der Waals surface area contributed by atoms with Gasteiger partial charge in [-0.2, -0.15) is 237 Å². The Hall–Kier alpha value is -7.53. The van der Waals surface area contributed by atoms with Crippen molar-refractivity contribution in [3.63, 3.8) is 0 Å². The number of carbonyl (C=O) groups is 3. The number of hydrogen-bond donors (Lipinski definition) is 5. The summed E-state index contributed by atoms with van der Waals surface area (Å²) in [5.41, 5.74) is 2.04. The summed E-state index contributed by atoms with van der Waals surface area (Å²) in [6, 6.07) is 21.4. The maximum Gasteiger partial charge on any atom is 0.460 e. The number of benzene rings is 2. The third kappa shape index (κ3) is 15.2. The molecule has 0 unspecified atom stereocenters. The number of aliphatic hydroxyl groups excluding tert-OH is 1. The van der Waals surface area contributed by atoms with Crippen LogP contribution in [0.25, 0.3) is 22.0 Å². The van der Waals surface area contributed by atoms with Crippen LogP contribution in [-0.4, -0.2) is 208 Å². The molecular weight excluding hydrogens is 1950 g/mol. The predicted octanol–water partition coefficient (Wildman–Crippen LogP) is 18.4. The minimum atomic E-state index is -10.1. The van der Waals surface area contributed by atoms with E-state index >= 15 is 0 Å². The van der Waals surface area contributed by atoms with Gasteiger partial charge < -0.3 is 31.4 Å². The van der Waals surface area contributed by atoms with E-state index in [4.69, 9.17) is 0 Å². The van der Waals surface area contributed by atoms with Crippen LogP contribution in [0, 0.1) is 6.07 Å². The Labute approximate surface area is 601 Å². The summed E-state index contributed by atoms with van der Waals surface area (Å²) >= 11 is 0. The number of pyridine rings is 1. The molecule has 114 heavy (non-hydrogen) atoms. The summed E-state index contributed by atoms with van der Waals surface area (Å²) in [6.45, 7) is -8.36. The summed E-state index contributed by atoms with van der Waals surface area (Å²) in [5, 5.41) is 13.9. The van der Waals surface area contributed by atoms with Crippen molar-refractivity contribution in [2.24, 2.45) is 0 Å². The normalized spacial score (nSPS) is 15.5. The maximum absolute atomic E-state index is 14.2. The first-order chi connectivity index (χ1) is 49.3. The monoisotopic (exact) mass is 1980 g/mol. The number of aliphatic hydroxyl groups is 1. The Bertz CT molecular complexity index is 3900. The van der Waals surface area contributed by atoms with E-state index in [1.807, 2.05) is 48.7 Å². The third-order valence-corrected chi connectivity index (χ3v) is 14.3. The van der Waals surface area contributed by atoms with Crippen LogP contribution in [0.5, 0.6) is 0 Å². The fraction of sp³-hybridized carbons (Fsp3) is 0.600. The van der Waals surface area contributed by atoms with Crippen molar-refractivity contribution in [1.29, 1.82) is 0 Å². The van der Waals surface area contributed by atoms with E-state index in [9.17, 15) is 257 Å². The molecular formula is C50H24F54IrN5O4-. The standard InChI is InChI=1S/C35H14F54N4O4.C15H10N.Ir/c36-10(37,12(40,41)14(44,45)16(48,49)18(52,53)20(56,57)22(60,61)24(64,65)26(68,69)28(72,73)30(76,77)32(80,81)34(84,85)86)8(96)92-3-1-90-6(94)5-7(95)91-2-4-93-9(97)11(38,39)13(42,43)15(46,47)17(50,51)19(54,55)21(58,59)23(62,63)25(66,67)27(70,71)29(74,75)31(78,79)33(82,83)35(87,88)89;1-2-7-13(8-3-1)15-14-9-5-4-6-12(14)10-11-16-15;/h5,90,94H,1-4H2,(H,91,95)(H,92,96)(H,93,97);1-7,9-11H;/q;-1;/b6-5-;;. The molecule has 3 rings (SSSR count). The van der Waals surface area contributed by atoms with Crippen LogP contribution in [0.1, 0.15) is 0 Å². The fourth-order valence-electron chi connectivity index (χ4n) is 7.64. The van der Waals surface area contributed by atoms with E-state index in [0.29, 0.717) is 0 Å². The third-order valence-electron chi connectivity index (χ3n) is 14.3. The summed E-state index contributed by atoms with van der Waals surface area (Å²) in [5.74, 6) is -244. The van der Waals surface area contributed by atoms with Gasteiger partial charge in [0.05, 0.1) is 6.08 Å². The average Bonchev–Trinajstić information content (AvgIpc) is 0.683. The quantitative estimate of drug-likeness (QED) is 0.0136. The van der Waals surface area contributed by atoms with Gasteiger partial charge in [0.15, 0.2) is 5.88 Å². The predicted molar refractivity (Wildman–Crippen MR) is 255 cm³/mol. The number of rotatable bonds is 33. The number of halogens is 54. The molecule has 0 saturated carbocycles. The summed E-state index contributed by atoms with van der Waals surface area (Å²) < 4.78 is 739. The van der Waals surface area contributed by atoms with Crippen molar-refractivity contribution < 1.29 is 277 Å². The second-order valence-electron chi connectivity index (χ2n) is 21.7. The molecule has 2 aromatic carbocycles. The molecule has 0 aliphatic rings. The van der Waals surface area contributed by atoms with Crippen LogP contribution in [0.4, 0.5) is 237 Å². The zero-order valence-electron chi connectivity index (χ0n) is 51.5. The molecule has 3 amide bonds. The van der Waals surface area contributed by atoms with Gasteiger partial charge in [-0.25, -0.2) is 0 Å². The van der Waals surface area contributed by atoms with Gasteiger partial charge in [-0.05, 0) is 22.5 Å². The van der Waals surface area contributed by atoms with Gasteiger partial charge in [0, 0.05) is 52.5 Å². The summed E-state index contributed by atoms with van der Waals surface area (Å²) in [4.78, 5) is 39.3. The second kappa shape index (κ2) is 30.8. The van der Waals surface area contributed by atoms with E-state index in [0.717, 1.165) is 21.9 Å². The first-order valence-electron chi connectivity index (χ1n) is 26.8. The van der Waals surface area contributed by atoms with Crippen LogP contribution < -0.4 is 21.3 Å². The van der Waals surface area contributed by atoms with Crippen LogP contribution >= 0.6 is 0 Å². The maximum atomic E-state index is 14.2. The minimum absolute atomic E-state index is 0. The van der Waals surface area contributed by atoms with Gasteiger partial charge in [0.2, 0.25) is 5.91 Å². The molecule has 1 aromatic heterocycles. The molecule has 3 aromatic rings. The minimum Gasteiger partial charge on any atom is -0.495 e. The topological polar surface area (TPSA) is 132 Å². The van der Waals surface area contributed by atoms with Gasteiger partial charge in [0.25, 0.3) is 11.8 Å². The van der Waals surface area contributed by atoms with Crippen molar-refractivity contribution in [1.82, 2.24) is 26.3 Å². The first-order valence-corrected chi connectivity index (χ1v) is 26.8. The smallest absolute Gasteiger partial charge is 0.460 e. The number of alkyl halides is 54. The number of hydrogen-bond acceptors (Lipinski definition) is 6. The fourth-order valence-corrected chi connectivity index (χ4v) is 7.64. The Morgan fingerprint density at radius 3 is 0.807 bits per heavy atom. The van der Waals surface area contributed by atoms with Gasteiger partial charge in [0.1, 0.15) is 0 Å². The molecule has 5 N–H and O–H groups in total. The molecule has 0 aliphatic heterocycles. The van der Waals surface area contributed by atoms with Crippen molar-refractivity contribution in [3.05, 3.63) is 78.8 Å². The van der Waals surface area contributed by atoms with Gasteiger partial charge in [-0.3, -0.25) is 14.4 Å². The summed E-state index contributed by atoms with van der Waals surface area (Å²) in [7, 11) is 0. The molecule has 0 spiro atoms. The van der Waals surface area contributed by atoms with Gasteiger partial charge in [-0.1, -0.05) is 24.3 Å². The number of amides is 3. The van der Waals surface area contributed by atoms with Crippen molar-refractivity contribution in [3.8, 4) is 11.3 Å². The van der Waals surface area contributed by atoms with E-state index in [1.165, 1.54) is 10.8 Å². The van der Waals surface area contributed by atoms with Crippen LogP contribution in [-0.2, 0) is 34.5 Å². The van der Waals surface area contributed by atoms with Gasteiger partial charge in [-0.15, -0.1) is 35.9 Å². The molecule has 1 heterocycles. The van der Waals surface area contributed by atoms with Crippen LogP contribution in [0.3, 0.4) is 0 Å². The van der Waals surface area contributed by atoms with E-state index in [1.54, 1.807) is 0 Å². The van der Waals surface area contributed by atoms with Crippen molar-refractivity contribution in [2.45, 2.75) is 154 Å². The molecule has 64 heteroatoms. The van der Waals surface area contributed by atoms with E-state index in [-0.39, 0.29) is 30.7 Å². The largest absolute Gasteiger partial charge is 0.495 e. The Balaban J connectivity index is 0.00000332. The zero-order valence-corrected chi connectivity index (χ0v) is 53.9. The molecule has 0 aliphatic carbocycles. The zero-order chi connectivity index (χ0) is 90.5. The van der Waals surface area contributed by atoms with Crippen molar-refractivity contribution >= 4 is 28.5 Å². The molecule has 661 valence electrons. The number of carbonyl (C=O) groups excluding carboxylic acids is 3.